The lowest BCUT2D eigenvalue weighted by Crippen LogP contribution is -2.27. The van der Waals surface area contributed by atoms with E-state index in [1.54, 1.807) is 54.2 Å². The summed E-state index contributed by atoms with van der Waals surface area (Å²) in [4.78, 5) is 25.3. The number of rotatable bonds is 5. The SMILES string of the molecule is CN(C(=O)C(C#N)=Cc1cn(CC(=O)O)c2ccccc12)c1cccc(Cl)c1. The number of hydrogen-bond acceptors (Lipinski definition) is 3. The number of carbonyl (C=O) groups excluding carboxylic acids is 1. The predicted octanol–water partition coefficient (Wildman–Crippen LogP) is 3.95. The maximum Gasteiger partial charge on any atom is 0.323 e. The van der Waals surface area contributed by atoms with E-state index in [0.29, 0.717) is 21.8 Å². The van der Waals surface area contributed by atoms with Crippen LogP contribution >= 0.6 is 11.6 Å². The molecule has 1 amide bonds. The molecule has 0 aliphatic rings. The standard InChI is InChI=1S/C21H16ClN3O3/c1-24(17-6-4-5-16(22)10-17)21(28)14(11-23)9-15-12-25(13-20(26)27)19-8-3-2-7-18(15)19/h2-10,12H,13H2,1H3,(H,26,27). The molecule has 0 fully saturated rings. The molecule has 1 aromatic heterocycles. The number of nitrogens with zero attached hydrogens (tertiary/aromatic N) is 3. The van der Waals surface area contributed by atoms with Crippen LogP contribution < -0.4 is 4.90 Å². The lowest BCUT2D eigenvalue weighted by Gasteiger charge is -2.16. The van der Waals surface area contributed by atoms with E-state index in [1.165, 1.54) is 11.0 Å². The lowest BCUT2D eigenvalue weighted by molar-refractivity contribution is -0.137. The Morgan fingerprint density at radius 1 is 1.25 bits per heavy atom. The van der Waals surface area contributed by atoms with Crippen LogP contribution in [0.1, 0.15) is 5.56 Å². The normalized spacial score (nSPS) is 11.2. The monoisotopic (exact) mass is 393 g/mol. The number of nitriles is 1. The molecule has 0 spiro atoms. The fraction of sp³-hybridized carbons (Fsp3) is 0.0952. The highest BCUT2D eigenvalue weighted by Gasteiger charge is 2.18. The number of benzene rings is 2. The van der Waals surface area contributed by atoms with E-state index < -0.39 is 11.9 Å². The predicted molar refractivity (Wildman–Crippen MR) is 108 cm³/mol. The van der Waals surface area contributed by atoms with Crippen LogP contribution in [0.3, 0.4) is 0 Å². The summed E-state index contributed by atoms with van der Waals surface area (Å²) < 4.78 is 1.57. The first-order chi connectivity index (χ1) is 13.4. The number of carboxylic acid groups (broad SMARTS) is 1. The highest BCUT2D eigenvalue weighted by molar-refractivity contribution is 6.31. The summed E-state index contributed by atoms with van der Waals surface area (Å²) in [7, 11) is 1.56. The van der Waals surface area contributed by atoms with Crippen LogP contribution in [0.15, 0.2) is 60.3 Å². The van der Waals surface area contributed by atoms with E-state index in [2.05, 4.69) is 0 Å². The zero-order valence-corrected chi connectivity index (χ0v) is 15.7. The van der Waals surface area contributed by atoms with Gasteiger partial charge in [-0.3, -0.25) is 9.59 Å². The van der Waals surface area contributed by atoms with Gasteiger partial charge in [-0.2, -0.15) is 5.26 Å². The van der Waals surface area contributed by atoms with Crippen molar-refractivity contribution in [2.75, 3.05) is 11.9 Å². The molecule has 1 heterocycles. The Kier molecular flexibility index (Phi) is 5.48. The topological polar surface area (TPSA) is 86.3 Å². The van der Waals surface area contributed by atoms with Crippen molar-refractivity contribution in [3.63, 3.8) is 0 Å². The van der Waals surface area contributed by atoms with Gasteiger partial charge in [0, 0.05) is 40.4 Å². The first kappa shape index (κ1) is 19.2. The maximum atomic E-state index is 12.8. The zero-order valence-electron chi connectivity index (χ0n) is 15.0. The van der Waals surface area contributed by atoms with Crippen LogP contribution in [0, 0.1) is 11.3 Å². The maximum absolute atomic E-state index is 12.8. The highest BCUT2D eigenvalue weighted by atomic mass is 35.5. The Hall–Kier alpha value is -3.56. The van der Waals surface area contributed by atoms with Crippen molar-refractivity contribution in [1.29, 1.82) is 5.26 Å². The fourth-order valence-electron chi connectivity index (χ4n) is 2.95. The number of likely N-dealkylation sites (N-methyl/N-ethyl adjacent to an activating group) is 1. The van der Waals surface area contributed by atoms with E-state index >= 15 is 0 Å². The Morgan fingerprint density at radius 2 is 2.00 bits per heavy atom. The van der Waals surface area contributed by atoms with Gasteiger partial charge in [-0.1, -0.05) is 35.9 Å². The van der Waals surface area contributed by atoms with Crippen LogP contribution in [0.25, 0.3) is 17.0 Å². The van der Waals surface area contributed by atoms with Gasteiger partial charge < -0.3 is 14.6 Å². The molecule has 3 aromatic rings. The average Bonchev–Trinajstić information content (AvgIpc) is 3.02. The molecule has 28 heavy (non-hydrogen) atoms. The van der Waals surface area contributed by atoms with Crippen LogP contribution in [-0.2, 0) is 16.1 Å². The molecule has 0 aliphatic carbocycles. The average molecular weight is 394 g/mol. The van der Waals surface area contributed by atoms with E-state index in [0.717, 1.165) is 5.39 Å². The van der Waals surface area contributed by atoms with E-state index in [1.807, 2.05) is 18.2 Å². The molecule has 0 saturated carbocycles. The van der Waals surface area contributed by atoms with Gasteiger partial charge in [0.15, 0.2) is 0 Å². The van der Waals surface area contributed by atoms with Gasteiger partial charge in [0.1, 0.15) is 18.2 Å². The minimum absolute atomic E-state index is 0.0688. The third-order valence-electron chi connectivity index (χ3n) is 4.28. The fourth-order valence-corrected chi connectivity index (χ4v) is 3.13. The third-order valence-corrected chi connectivity index (χ3v) is 4.51. The molecule has 0 saturated heterocycles. The number of aromatic nitrogens is 1. The summed E-state index contributed by atoms with van der Waals surface area (Å²) >= 11 is 5.98. The lowest BCUT2D eigenvalue weighted by atomic mass is 10.1. The van der Waals surface area contributed by atoms with Crippen molar-refractivity contribution in [2.24, 2.45) is 0 Å². The molecule has 1 N–H and O–H groups in total. The summed E-state index contributed by atoms with van der Waals surface area (Å²) in [6.07, 6.45) is 3.10. The number of hydrogen-bond donors (Lipinski definition) is 1. The van der Waals surface area contributed by atoms with Crippen molar-refractivity contribution in [3.05, 3.63) is 70.9 Å². The summed E-state index contributed by atoms with van der Waals surface area (Å²) in [6.45, 7) is -0.216. The summed E-state index contributed by atoms with van der Waals surface area (Å²) in [5, 5.41) is 19.9. The van der Waals surface area contributed by atoms with Gasteiger partial charge in [0.25, 0.3) is 5.91 Å². The van der Waals surface area contributed by atoms with Gasteiger partial charge in [-0.15, -0.1) is 0 Å². The van der Waals surface area contributed by atoms with Crippen molar-refractivity contribution >= 4 is 46.1 Å². The zero-order chi connectivity index (χ0) is 20.3. The number of carbonyl (C=O) groups is 2. The van der Waals surface area contributed by atoms with Gasteiger partial charge in [0.2, 0.25) is 0 Å². The number of amides is 1. The molecule has 0 atom stereocenters. The second-order valence-electron chi connectivity index (χ2n) is 6.14. The van der Waals surface area contributed by atoms with Crippen LogP contribution in [-0.4, -0.2) is 28.6 Å². The van der Waals surface area contributed by atoms with Crippen molar-refractivity contribution < 1.29 is 14.7 Å². The Balaban J connectivity index is 2.02. The summed E-state index contributed by atoms with van der Waals surface area (Å²) in [6, 6.07) is 15.9. The molecule has 3 rings (SSSR count). The highest BCUT2D eigenvalue weighted by Crippen LogP contribution is 2.25. The van der Waals surface area contributed by atoms with Gasteiger partial charge in [-0.25, -0.2) is 0 Å². The number of aliphatic carboxylic acids is 1. The molecule has 0 aliphatic heterocycles. The number of fused-ring (bicyclic) bond motifs is 1. The van der Waals surface area contributed by atoms with Crippen molar-refractivity contribution in [2.45, 2.75) is 6.54 Å². The quantitative estimate of drug-likeness (QED) is 0.525. The van der Waals surface area contributed by atoms with Gasteiger partial charge >= 0.3 is 5.97 Å². The molecular weight excluding hydrogens is 378 g/mol. The van der Waals surface area contributed by atoms with Crippen molar-refractivity contribution in [1.82, 2.24) is 4.57 Å². The largest absolute Gasteiger partial charge is 0.480 e. The van der Waals surface area contributed by atoms with Gasteiger partial charge in [0.05, 0.1) is 0 Å². The van der Waals surface area contributed by atoms with Crippen LogP contribution in [0.5, 0.6) is 0 Å². The summed E-state index contributed by atoms with van der Waals surface area (Å²) in [5.74, 6) is -1.46. The molecule has 6 nitrogen and oxygen atoms in total. The van der Waals surface area contributed by atoms with E-state index in [-0.39, 0.29) is 12.1 Å². The van der Waals surface area contributed by atoms with E-state index in [9.17, 15) is 14.9 Å². The summed E-state index contributed by atoms with van der Waals surface area (Å²) in [5.41, 5.74) is 1.80. The molecule has 7 heteroatoms. The minimum atomic E-state index is -0.978. The first-order valence-corrected chi connectivity index (χ1v) is 8.73. The molecule has 140 valence electrons. The number of anilines is 1. The number of para-hydroxylation sites is 1. The molecule has 0 bridgehead atoms. The first-order valence-electron chi connectivity index (χ1n) is 8.36. The third kappa shape index (κ3) is 3.90. The smallest absolute Gasteiger partial charge is 0.323 e. The van der Waals surface area contributed by atoms with E-state index in [4.69, 9.17) is 16.7 Å². The van der Waals surface area contributed by atoms with Gasteiger partial charge in [-0.05, 0) is 30.3 Å². The molecule has 0 unspecified atom stereocenters. The van der Waals surface area contributed by atoms with Crippen LogP contribution in [0.4, 0.5) is 5.69 Å². The molecule has 0 radical (unpaired) electrons. The Bertz CT molecular complexity index is 1140. The number of halogens is 1. The number of carboxylic acids is 1. The second-order valence-corrected chi connectivity index (χ2v) is 6.57. The molecule has 2 aromatic carbocycles. The molecular formula is C21H16ClN3O3. The Labute approximate surface area is 166 Å². The van der Waals surface area contributed by atoms with Crippen LogP contribution in [0.2, 0.25) is 5.02 Å². The second kappa shape index (κ2) is 7.99. The minimum Gasteiger partial charge on any atom is -0.480 e. The Morgan fingerprint density at radius 3 is 2.68 bits per heavy atom. The van der Waals surface area contributed by atoms with Crippen molar-refractivity contribution in [3.8, 4) is 6.07 Å².